The molecule has 56 valence electrons. The molecule has 3 N–H and O–H groups in total. The lowest BCUT2D eigenvalue weighted by atomic mass is 10.3. The maximum absolute atomic E-state index is 5.37. The molecule has 0 aromatic carbocycles. The Bertz CT molecular complexity index is 201. The third kappa shape index (κ3) is 1.59. The van der Waals surface area contributed by atoms with Crippen LogP contribution in [-0.2, 0) is 6.42 Å². The summed E-state index contributed by atoms with van der Waals surface area (Å²) in [5.41, 5.74) is 6.47. The van der Waals surface area contributed by atoms with E-state index in [4.69, 9.17) is 5.73 Å². The van der Waals surface area contributed by atoms with Gasteiger partial charge >= 0.3 is 0 Å². The Kier molecular flexibility index (Phi) is 2.88. The van der Waals surface area contributed by atoms with Crippen LogP contribution in [0.4, 0.5) is 0 Å². The van der Waals surface area contributed by atoms with Crippen LogP contribution in [-0.4, -0.2) is 16.7 Å². The average molecular weight is 269 g/mol. The molecule has 0 aliphatic carbocycles. The summed E-state index contributed by atoms with van der Waals surface area (Å²) in [6.45, 7) is 0.636. The summed E-state index contributed by atoms with van der Waals surface area (Å²) in [6, 6.07) is 0. The topological polar surface area (TPSA) is 54.7 Å². The van der Waals surface area contributed by atoms with Gasteiger partial charge in [-0.25, -0.2) is 0 Å². The minimum absolute atomic E-state index is 0.636. The second-order valence-corrected chi connectivity index (χ2v) is 3.39. The first-order valence-electron chi connectivity index (χ1n) is 2.84. The molecule has 1 heterocycles. The Hall–Kier alpha value is 0.130. The summed E-state index contributed by atoms with van der Waals surface area (Å²) in [5.74, 6) is 0. The van der Waals surface area contributed by atoms with Gasteiger partial charge in [0.15, 0.2) is 0 Å². The van der Waals surface area contributed by atoms with Gasteiger partial charge in [-0.05, 0) is 44.8 Å². The molecule has 0 spiro atoms. The molecule has 0 saturated carbocycles. The van der Waals surface area contributed by atoms with Crippen molar-refractivity contribution in [1.29, 1.82) is 0 Å². The first kappa shape index (κ1) is 8.23. The predicted molar refractivity (Wildman–Crippen MR) is 46.7 cm³/mol. The van der Waals surface area contributed by atoms with Crippen molar-refractivity contribution >= 4 is 31.9 Å². The van der Waals surface area contributed by atoms with Crippen molar-refractivity contribution in [2.24, 2.45) is 5.73 Å². The Morgan fingerprint density at radius 2 is 2.20 bits per heavy atom. The zero-order valence-corrected chi connectivity index (χ0v) is 8.37. The molecule has 0 saturated heterocycles. The zero-order chi connectivity index (χ0) is 7.56. The Balaban J connectivity index is 2.87. The van der Waals surface area contributed by atoms with Crippen LogP contribution in [0.2, 0.25) is 0 Å². The standard InChI is InChI=1S/C5H7Br2N3/c6-4-3(1-2-8)5(7)10-9-4/h1-2,8H2,(H,9,10). The van der Waals surface area contributed by atoms with Crippen molar-refractivity contribution < 1.29 is 0 Å². The number of aromatic nitrogens is 2. The number of hydrogen-bond acceptors (Lipinski definition) is 2. The Labute approximate surface area is 75.6 Å². The molecule has 0 unspecified atom stereocenters. The lowest BCUT2D eigenvalue weighted by Gasteiger charge is -1.92. The maximum Gasteiger partial charge on any atom is 0.132 e. The third-order valence-corrected chi connectivity index (χ3v) is 2.47. The van der Waals surface area contributed by atoms with Crippen LogP contribution in [0, 0.1) is 0 Å². The number of nitrogens with zero attached hydrogens (tertiary/aromatic N) is 1. The number of nitrogens with two attached hydrogens (primary N) is 1. The molecule has 1 aromatic heterocycles. The van der Waals surface area contributed by atoms with Crippen molar-refractivity contribution in [3.05, 3.63) is 14.8 Å². The number of H-pyrrole nitrogens is 1. The van der Waals surface area contributed by atoms with Gasteiger partial charge in [0.2, 0.25) is 0 Å². The normalized spacial score (nSPS) is 10.3. The number of nitrogens with one attached hydrogen (secondary N) is 1. The van der Waals surface area contributed by atoms with E-state index in [1.165, 1.54) is 0 Å². The van der Waals surface area contributed by atoms with E-state index in [9.17, 15) is 0 Å². The fraction of sp³-hybridized carbons (Fsp3) is 0.400. The van der Waals surface area contributed by atoms with Crippen molar-refractivity contribution in [1.82, 2.24) is 10.2 Å². The van der Waals surface area contributed by atoms with Gasteiger partial charge in [0.1, 0.15) is 9.21 Å². The maximum atomic E-state index is 5.37. The van der Waals surface area contributed by atoms with Crippen molar-refractivity contribution in [2.45, 2.75) is 6.42 Å². The fourth-order valence-electron chi connectivity index (χ4n) is 0.681. The van der Waals surface area contributed by atoms with Crippen LogP contribution in [0.3, 0.4) is 0 Å². The molecule has 3 nitrogen and oxygen atoms in total. The molecule has 0 bridgehead atoms. The van der Waals surface area contributed by atoms with E-state index in [2.05, 4.69) is 42.1 Å². The van der Waals surface area contributed by atoms with E-state index in [0.29, 0.717) is 6.54 Å². The summed E-state index contributed by atoms with van der Waals surface area (Å²) >= 11 is 6.60. The molecule has 10 heavy (non-hydrogen) atoms. The van der Waals surface area contributed by atoms with Crippen molar-refractivity contribution in [3.63, 3.8) is 0 Å². The molecule has 0 amide bonds. The van der Waals surface area contributed by atoms with Crippen LogP contribution in [0.1, 0.15) is 5.56 Å². The van der Waals surface area contributed by atoms with Crippen LogP contribution in [0.5, 0.6) is 0 Å². The van der Waals surface area contributed by atoms with Gasteiger partial charge in [0, 0.05) is 5.56 Å². The number of rotatable bonds is 2. The van der Waals surface area contributed by atoms with Crippen LogP contribution in [0.25, 0.3) is 0 Å². The fourth-order valence-corrected chi connectivity index (χ4v) is 1.91. The monoisotopic (exact) mass is 267 g/mol. The largest absolute Gasteiger partial charge is 0.330 e. The van der Waals surface area contributed by atoms with Crippen LogP contribution >= 0.6 is 31.9 Å². The summed E-state index contributed by atoms with van der Waals surface area (Å²) in [4.78, 5) is 0. The van der Waals surface area contributed by atoms with Gasteiger partial charge in [-0.3, -0.25) is 5.10 Å². The smallest absolute Gasteiger partial charge is 0.132 e. The first-order chi connectivity index (χ1) is 4.75. The van der Waals surface area contributed by atoms with Crippen molar-refractivity contribution in [3.8, 4) is 0 Å². The first-order valence-corrected chi connectivity index (χ1v) is 4.42. The second kappa shape index (κ2) is 3.50. The van der Waals surface area contributed by atoms with Gasteiger partial charge < -0.3 is 5.73 Å². The molecule has 0 aliphatic rings. The molecule has 0 fully saturated rings. The van der Waals surface area contributed by atoms with E-state index in [0.717, 1.165) is 21.2 Å². The van der Waals surface area contributed by atoms with Gasteiger partial charge in [0.05, 0.1) is 0 Å². The molecule has 0 radical (unpaired) electrons. The lowest BCUT2D eigenvalue weighted by molar-refractivity contribution is 0.959. The van der Waals surface area contributed by atoms with Gasteiger partial charge in [-0.1, -0.05) is 0 Å². The summed E-state index contributed by atoms with van der Waals surface area (Å²) in [5, 5.41) is 6.71. The summed E-state index contributed by atoms with van der Waals surface area (Å²) < 4.78 is 1.75. The van der Waals surface area contributed by atoms with Gasteiger partial charge in [0.25, 0.3) is 0 Å². The molecular weight excluding hydrogens is 262 g/mol. The minimum Gasteiger partial charge on any atom is -0.330 e. The van der Waals surface area contributed by atoms with Gasteiger partial charge in [-0.2, -0.15) is 5.10 Å². The van der Waals surface area contributed by atoms with E-state index in [-0.39, 0.29) is 0 Å². The van der Waals surface area contributed by atoms with E-state index in [1.54, 1.807) is 0 Å². The Morgan fingerprint density at radius 3 is 2.60 bits per heavy atom. The number of halogens is 2. The SMILES string of the molecule is NCCc1c(Br)n[nH]c1Br. The van der Waals surface area contributed by atoms with Crippen molar-refractivity contribution in [2.75, 3.05) is 6.54 Å². The average Bonchev–Trinajstić information content (AvgIpc) is 2.20. The summed E-state index contributed by atoms with van der Waals surface area (Å²) in [6.07, 6.45) is 0.831. The predicted octanol–water partition coefficient (Wildman–Crippen LogP) is 1.44. The molecule has 0 atom stereocenters. The second-order valence-electron chi connectivity index (χ2n) is 1.85. The number of aromatic amines is 1. The molecule has 0 aliphatic heterocycles. The highest BCUT2D eigenvalue weighted by Crippen LogP contribution is 2.21. The zero-order valence-electron chi connectivity index (χ0n) is 5.19. The summed E-state index contributed by atoms with van der Waals surface area (Å²) in [7, 11) is 0. The highest BCUT2D eigenvalue weighted by Gasteiger charge is 2.06. The minimum atomic E-state index is 0.636. The van der Waals surface area contributed by atoms with Gasteiger partial charge in [-0.15, -0.1) is 0 Å². The molecule has 5 heteroatoms. The highest BCUT2D eigenvalue weighted by atomic mass is 79.9. The quantitative estimate of drug-likeness (QED) is 0.853. The lowest BCUT2D eigenvalue weighted by Crippen LogP contribution is -2.02. The molecular formula is C5H7Br2N3. The molecule has 1 rings (SSSR count). The van der Waals surface area contributed by atoms with E-state index >= 15 is 0 Å². The molecule has 1 aromatic rings. The number of hydrogen-bond donors (Lipinski definition) is 2. The van der Waals surface area contributed by atoms with Crippen LogP contribution in [0.15, 0.2) is 9.21 Å². The van der Waals surface area contributed by atoms with E-state index in [1.807, 2.05) is 0 Å². The van der Waals surface area contributed by atoms with E-state index < -0.39 is 0 Å². The third-order valence-electron chi connectivity index (χ3n) is 1.16. The Morgan fingerprint density at radius 1 is 1.50 bits per heavy atom. The highest BCUT2D eigenvalue weighted by molar-refractivity contribution is 9.11. The van der Waals surface area contributed by atoms with Crippen LogP contribution < -0.4 is 5.73 Å².